The van der Waals surface area contributed by atoms with Crippen molar-refractivity contribution in [2.24, 2.45) is 0 Å². The molecule has 34 heavy (non-hydrogen) atoms. The van der Waals surface area contributed by atoms with Gasteiger partial charge in [-0.15, -0.1) is 6.42 Å². The number of hydrogen-bond acceptors (Lipinski definition) is 6. The van der Waals surface area contributed by atoms with Gasteiger partial charge in [-0.05, 0) is 51.8 Å². The number of carbonyl (C=O) groups is 1. The van der Waals surface area contributed by atoms with Gasteiger partial charge in [0.15, 0.2) is 0 Å². The number of halogens is 3. The number of rotatable bonds is 5. The van der Waals surface area contributed by atoms with E-state index in [2.05, 4.69) is 26.5 Å². The van der Waals surface area contributed by atoms with E-state index in [4.69, 9.17) is 11.2 Å². The smallest absolute Gasteiger partial charge is 0.416 e. The number of nitrogens with zero attached hydrogens (tertiary/aromatic N) is 3. The summed E-state index contributed by atoms with van der Waals surface area (Å²) in [4.78, 5) is 23.1. The molecule has 0 radical (unpaired) electrons. The molecule has 2 heterocycles. The summed E-state index contributed by atoms with van der Waals surface area (Å²) in [7, 11) is 0. The van der Waals surface area contributed by atoms with Crippen LogP contribution in [0.4, 0.5) is 29.7 Å². The number of amides is 1. The number of aromatic nitrogens is 2. The Kier molecular flexibility index (Phi) is 6.96. The fourth-order valence-corrected chi connectivity index (χ4v) is 3.75. The zero-order valence-electron chi connectivity index (χ0n) is 19.8. The highest BCUT2D eigenvalue weighted by atomic mass is 19.4. The third-order valence-corrected chi connectivity index (χ3v) is 5.28. The van der Waals surface area contributed by atoms with Crippen LogP contribution < -0.4 is 10.6 Å². The number of nitrogens with one attached hydrogen (secondary N) is 2. The first kappa shape index (κ1) is 25.1. The van der Waals surface area contributed by atoms with Crippen molar-refractivity contribution in [3.05, 3.63) is 46.1 Å². The zero-order chi connectivity index (χ0) is 25.3. The van der Waals surface area contributed by atoms with Crippen LogP contribution in [0.5, 0.6) is 0 Å². The zero-order valence-corrected chi connectivity index (χ0v) is 19.8. The molecule has 3 rings (SSSR count). The standard InChI is InChI=1S/C24H28F3N5O2/c1-7-11-28-21-30-19-13-32(22(33)34-23(4,5)6)12-17(19)20(31-21)29-15(3)16-9-8-10-18(14(16)2)24(25,26)27/h1,8-10,15H,11-13H2,2-6H3,(H2,28,29,30,31)/t15-/m1/s1. The average Bonchev–Trinajstić information content (AvgIpc) is 3.15. The number of terminal acetylenes is 1. The SMILES string of the molecule is C#CCNc1nc2c(c(N[C@H](C)c3cccc(C(F)(F)F)c3C)n1)CN(C(=O)OC(C)(C)C)C2. The summed E-state index contributed by atoms with van der Waals surface area (Å²) in [6, 6.07) is 3.60. The quantitative estimate of drug-likeness (QED) is 0.574. The molecule has 1 atom stereocenters. The summed E-state index contributed by atoms with van der Waals surface area (Å²) < 4.78 is 45.6. The molecule has 1 aromatic heterocycles. The number of anilines is 2. The predicted molar refractivity (Wildman–Crippen MR) is 123 cm³/mol. The normalized spacial score (nSPS) is 14.3. The summed E-state index contributed by atoms with van der Waals surface area (Å²) in [5, 5.41) is 6.13. The van der Waals surface area contributed by atoms with Gasteiger partial charge in [0.2, 0.25) is 5.95 Å². The lowest BCUT2D eigenvalue weighted by atomic mass is 9.97. The summed E-state index contributed by atoms with van der Waals surface area (Å²) in [6.45, 7) is 9.15. The molecule has 2 aromatic rings. The molecule has 10 heteroatoms. The van der Waals surface area contributed by atoms with Crippen LogP contribution in [0, 0.1) is 19.3 Å². The third-order valence-electron chi connectivity index (χ3n) is 5.28. The maximum absolute atomic E-state index is 13.4. The van der Waals surface area contributed by atoms with Crippen molar-refractivity contribution < 1.29 is 22.7 Å². The van der Waals surface area contributed by atoms with E-state index >= 15 is 0 Å². The molecule has 0 spiro atoms. The molecular weight excluding hydrogens is 447 g/mol. The Balaban J connectivity index is 1.93. The number of benzene rings is 1. The van der Waals surface area contributed by atoms with Gasteiger partial charge in [-0.2, -0.15) is 18.2 Å². The third kappa shape index (κ3) is 5.71. The Labute approximate surface area is 197 Å². The summed E-state index contributed by atoms with van der Waals surface area (Å²) in [5.74, 6) is 3.13. The van der Waals surface area contributed by atoms with Gasteiger partial charge in [-0.25, -0.2) is 9.78 Å². The number of alkyl halides is 3. The monoisotopic (exact) mass is 475 g/mol. The van der Waals surface area contributed by atoms with E-state index in [0.29, 0.717) is 22.6 Å². The molecule has 0 saturated carbocycles. The van der Waals surface area contributed by atoms with E-state index in [9.17, 15) is 18.0 Å². The van der Waals surface area contributed by atoms with Crippen LogP contribution in [-0.2, 0) is 24.0 Å². The van der Waals surface area contributed by atoms with Crippen molar-refractivity contribution in [1.29, 1.82) is 0 Å². The summed E-state index contributed by atoms with van der Waals surface area (Å²) >= 11 is 0. The second-order valence-electron chi connectivity index (χ2n) is 9.10. The minimum absolute atomic E-state index is 0.141. The van der Waals surface area contributed by atoms with Crippen molar-refractivity contribution in [2.45, 2.75) is 65.5 Å². The van der Waals surface area contributed by atoms with E-state index in [1.54, 1.807) is 33.8 Å². The van der Waals surface area contributed by atoms with Crippen LogP contribution in [0.2, 0.25) is 0 Å². The van der Waals surface area contributed by atoms with Gasteiger partial charge in [-0.3, -0.25) is 4.90 Å². The maximum Gasteiger partial charge on any atom is 0.416 e. The van der Waals surface area contributed by atoms with E-state index in [-0.39, 0.29) is 31.1 Å². The molecular formula is C24H28F3N5O2. The summed E-state index contributed by atoms with van der Waals surface area (Å²) in [6.07, 6.45) is 0.388. The Hall–Kier alpha value is -3.48. The van der Waals surface area contributed by atoms with E-state index < -0.39 is 29.5 Å². The molecule has 0 aliphatic carbocycles. The molecule has 0 saturated heterocycles. The lowest BCUT2D eigenvalue weighted by Crippen LogP contribution is -2.33. The maximum atomic E-state index is 13.4. The van der Waals surface area contributed by atoms with Gasteiger partial charge in [0.25, 0.3) is 0 Å². The first-order chi connectivity index (χ1) is 15.8. The fourth-order valence-electron chi connectivity index (χ4n) is 3.75. The van der Waals surface area contributed by atoms with Crippen LogP contribution in [0.1, 0.15) is 61.7 Å². The van der Waals surface area contributed by atoms with E-state index in [1.807, 2.05) is 0 Å². The van der Waals surface area contributed by atoms with Gasteiger partial charge >= 0.3 is 12.3 Å². The highest BCUT2D eigenvalue weighted by molar-refractivity contribution is 5.70. The highest BCUT2D eigenvalue weighted by Gasteiger charge is 2.34. The van der Waals surface area contributed by atoms with E-state index in [1.165, 1.54) is 17.9 Å². The Morgan fingerprint density at radius 3 is 2.59 bits per heavy atom. The minimum atomic E-state index is -4.45. The Morgan fingerprint density at radius 2 is 1.97 bits per heavy atom. The largest absolute Gasteiger partial charge is 0.444 e. The molecule has 2 N–H and O–H groups in total. The highest BCUT2D eigenvalue weighted by Crippen LogP contribution is 2.36. The Morgan fingerprint density at radius 1 is 1.26 bits per heavy atom. The second-order valence-corrected chi connectivity index (χ2v) is 9.10. The van der Waals surface area contributed by atoms with Gasteiger partial charge in [0, 0.05) is 5.56 Å². The molecule has 1 aromatic carbocycles. The lowest BCUT2D eigenvalue weighted by Gasteiger charge is -2.24. The van der Waals surface area contributed by atoms with Crippen LogP contribution in [0.3, 0.4) is 0 Å². The Bertz CT molecular complexity index is 1120. The number of fused-ring (bicyclic) bond motifs is 1. The molecule has 1 aliphatic rings. The van der Waals surface area contributed by atoms with Crippen molar-refractivity contribution in [1.82, 2.24) is 14.9 Å². The lowest BCUT2D eigenvalue weighted by molar-refractivity contribution is -0.138. The van der Waals surface area contributed by atoms with Crippen molar-refractivity contribution in [3.63, 3.8) is 0 Å². The van der Waals surface area contributed by atoms with E-state index in [0.717, 1.165) is 6.07 Å². The van der Waals surface area contributed by atoms with Crippen molar-refractivity contribution >= 4 is 17.9 Å². The second kappa shape index (κ2) is 9.41. The molecule has 0 fully saturated rings. The number of hydrogen-bond donors (Lipinski definition) is 2. The predicted octanol–water partition coefficient (Wildman–Crippen LogP) is 5.27. The van der Waals surface area contributed by atoms with Crippen LogP contribution in [0.15, 0.2) is 18.2 Å². The summed E-state index contributed by atoms with van der Waals surface area (Å²) in [5.41, 5.74) is 0.570. The van der Waals surface area contributed by atoms with Gasteiger partial charge in [0.1, 0.15) is 11.4 Å². The average molecular weight is 476 g/mol. The van der Waals surface area contributed by atoms with Gasteiger partial charge in [0.05, 0.1) is 36.9 Å². The van der Waals surface area contributed by atoms with Crippen LogP contribution in [0.25, 0.3) is 0 Å². The van der Waals surface area contributed by atoms with Gasteiger partial charge in [-0.1, -0.05) is 18.1 Å². The van der Waals surface area contributed by atoms with Crippen molar-refractivity contribution in [2.75, 3.05) is 17.2 Å². The minimum Gasteiger partial charge on any atom is -0.444 e. The molecule has 0 unspecified atom stereocenters. The fraction of sp³-hybridized carbons (Fsp3) is 0.458. The van der Waals surface area contributed by atoms with Crippen LogP contribution in [-0.4, -0.2) is 33.1 Å². The van der Waals surface area contributed by atoms with Crippen LogP contribution >= 0.6 is 0 Å². The molecule has 1 amide bonds. The first-order valence-corrected chi connectivity index (χ1v) is 10.8. The molecule has 1 aliphatic heterocycles. The first-order valence-electron chi connectivity index (χ1n) is 10.8. The molecule has 182 valence electrons. The van der Waals surface area contributed by atoms with Gasteiger partial charge < -0.3 is 15.4 Å². The number of carbonyl (C=O) groups excluding carboxylic acids is 1. The number of ether oxygens (including phenoxy) is 1. The molecule has 7 nitrogen and oxygen atoms in total. The topological polar surface area (TPSA) is 79.4 Å². The molecule has 0 bridgehead atoms. The van der Waals surface area contributed by atoms with Crippen molar-refractivity contribution in [3.8, 4) is 12.3 Å².